The summed E-state index contributed by atoms with van der Waals surface area (Å²) in [6, 6.07) is 31.5. The molecule has 4 aromatic carbocycles. The van der Waals surface area contributed by atoms with Crippen LogP contribution in [-0.2, 0) is 4.74 Å². The Morgan fingerprint density at radius 3 is 2.00 bits per heavy atom. The van der Waals surface area contributed by atoms with Crippen LogP contribution in [0.25, 0.3) is 28.6 Å². The zero-order valence-electron chi connectivity index (χ0n) is 17.9. The first-order valence-electron chi connectivity index (χ1n) is 10.6. The first-order chi connectivity index (χ1) is 16.6. The fraction of sp³-hybridized carbons (Fsp3) is 0. The second-order valence-corrected chi connectivity index (χ2v) is 8.41. The minimum Gasteiger partial charge on any atom is -0.422 e. The molecule has 0 fully saturated rings. The summed E-state index contributed by atoms with van der Waals surface area (Å²) in [5, 5.41) is 1.13. The normalized spacial score (nSPS) is 11.5. The quantitative estimate of drug-likeness (QED) is 0.189. The number of nitrogens with zero attached hydrogens (tertiary/aromatic N) is 2. The molecule has 0 atom stereocenters. The topological polar surface area (TPSA) is 44.1 Å². The van der Waals surface area contributed by atoms with Gasteiger partial charge < -0.3 is 4.74 Å². The Morgan fingerprint density at radius 1 is 0.735 bits per heavy atom. The van der Waals surface area contributed by atoms with Gasteiger partial charge in [-0.15, -0.1) is 0 Å². The third kappa shape index (κ3) is 4.60. The summed E-state index contributed by atoms with van der Waals surface area (Å²) in [5.74, 6) is 0.477. The number of ether oxygens (including phenoxy) is 1. The third-order valence-corrected chi connectivity index (χ3v) is 5.78. The summed E-state index contributed by atoms with van der Waals surface area (Å²) in [6.45, 7) is 0. The molecule has 0 N–H and O–H groups in total. The highest BCUT2D eigenvalue weighted by Crippen LogP contribution is 2.27. The number of benzene rings is 4. The molecule has 5 rings (SSSR count). The van der Waals surface area contributed by atoms with Crippen molar-refractivity contribution in [3.05, 3.63) is 130 Å². The second-order valence-electron chi connectivity index (χ2n) is 7.54. The average Bonchev–Trinajstić information content (AvgIpc) is 3.23. The van der Waals surface area contributed by atoms with Crippen molar-refractivity contribution in [2.75, 3.05) is 0 Å². The molecule has 0 spiro atoms. The summed E-state index contributed by atoms with van der Waals surface area (Å²) < 4.78 is 7.90. The number of carbonyl (C=O) groups is 1. The maximum absolute atomic E-state index is 13.0. The molecule has 0 aliphatic rings. The highest BCUT2D eigenvalue weighted by atomic mass is 35.5. The van der Waals surface area contributed by atoms with E-state index in [2.05, 4.69) is 0 Å². The number of esters is 1. The fourth-order valence-corrected chi connectivity index (χ4v) is 3.89. The number of hydrogen-bond acceptors (Lipinski definition) is 3. The molecule has 0 saturated heterocycles. The number of carbonyl (C=O) groups excluding carboxylic acids is 1. The Hall–Kier alpha value is -3.86. The molecule has 0 bridgehead atoms. The molecule has 0 aliphatic heterocycles. The van der Waals surface area contributed by atoms with Crippen LogP contribution < -0.4 is 0 Å². The monoisotopic (exact) mass is 484 g/mol. The number of rotatable bonds is 5. The predicted molar refractivity (Wildman–Crippen MR) is 137 cm³/mol. The summed E-state index contributed by atoms with van der Waals surface area (Å²) in [4.78, 5) is 17.8. The van der Waals surface area contributed by atoms with E-state index >= 15 is 0 Å². The van der Waals surface area contributed by atoms with Crippen LogP contribution in [0, 0.1) is 0 Å². The molecule has 0 radical (unpaired) electrons. The lowest BCUT2D eigenvalue weighted by Crippen LogP contribution is -2.05. The highest BCUT2D eigenvalue weighted by Gasteiger charge is 2.16. The van der Waals surface area contributed by atoms with Gasteiger partial charge in [-0.1, -0.05) is 53.5 Å². The van der Waals surface area contributed by atoms with Gasteiger partial charge in [0.15, 0.2) is 0 Å². The van der Waals surface area contributed by atoms with Gasteiger partial charge >= 0.3 is 5.97 Å². The summed E-state index contributed by atoms with van der Waals surface area (Å²) in [6.07, 6.45) is 1.77. The van der Waals surface area contributed by atoms with Crippen LogP contribution in [-0.4, -0.2) is 15.5 Å². The van der Waals surface area contributed by atoms with E-state index in [0.717, 1.165) is 16.7 Å². The van der Waals surface area contributed by atoms with Gasteiger partial charge in [0.2, 0.25) is 0 Å². The lowest BCUT2D eigenvalue weighted by molar-refractivity contribution is 0.0693. The van der Waals surface area contributed by atoms with Crippen LogP contribution in [0.1, 0.15) is 21.7 Å². The van der Waals surface area contributed by atoms with Crippen LogP contribution in [0.2, 0.25) is 10.0 Å². The fourth-order valence-electron chi connectivity index (χ4n) is 3.64. The van der Waals surface area contributed by atoms with Gasteiger partial charge in [-0.05, 0) is 72.8 Å². The Kier molecular flexibility index (Phi) is 6.17. The number of para-hydroxylation sites is 3. The number of fused-ring (bicyclic) bond motifs is 1. The van der Waals surface area contributed by atoms with Gasteiger partial charge in [0.1, 0.15) is 11.6 Å². The van der Waals surface area contributed by atoms with Crippen molar-refractivity contribution in [1.29, 1.82) is 0 Å². The molecule has 1 aromatic heterocycles. The molecule has 4 nitrogen and oxygen atoms in total. The first kappa shape index (κ1) is 22.0. The molecule has 6 heteroatoms. The molecule has 166 valence electrons. The zero-order valence-corrected chi connectivity index (χ0v) is 19.4. The van der Waals surface area contributed by atoms with E-state index in [0.29, 0.717) is 32.8 Å². The largest absolute Gasteiger partial charge is 0.422 e. The van der Waals surface area contributed by atoms with Crippen molar-refractivity contribution in [3.63, 3.8) is 0 Å². The summed E-state index contributed by atoms with van der Waals surface area (Å²) >= 11 is 12.1. The standard InChI is InChI=1S/C28H18Cl2N2O2/c29-21-14-10-19(11-15-21)26(34-28(33)20-12-16-22(30)17-13-20)18-27-31-24-8-4-5-9-25(24)32(27)23-6-2-1-3-7-23/h1-18H. The van der Waals surface area contributed by atoms with E-state index < -0.39 is 5.97 Å². The van der Waals surface area contributed by atoms with Gasteiger partial charge in [-0.3, -0.25) is 4.57 Å². The smallest absolute Gasteiger partial charge is 0.343 e. The SMILES string of the molecule is O=C(OC(=Cc1nc2ccccc2n1-c1ccccc1)c1ccc(Cl)cc1)c1ccc(Cl)cc1. The molecule has 0 aliphatic carbocycles. The molecular weight excluding hydrogens is 467 g/mol. The van der Waals surface area contributed by atoms with E-state index in [4.69, 9.17) is 32.9 Å². The molecule has 5 aromatic rings. The summed E-state index contributed by atoms with van der Waals surface area (Å²) in [7, 11) is 0. The Bertz CT molecular complexity index is 1490. The van der Waals surface area contributed by atoms with Gasteiger partial charge in [-0.2, -0.15) is 0 Å². The van der Waals surface area contributed by atoms with Gasteiger partial charge in [-0.25, -0.2) is 9.78 Å². The predicted octanol–water partition coefficient (Wildman–Crippen LogP) is 7.69. The van der Waals surface area contributed by atoms with Crippen molar-refractivity contribution < 1.29 is 9.53 Å². The highest BCUT2D eigenvalue weighted by molar-refractivity contribution is 6.31. The van der Waals surface area contributed by atoms with Gasteiger partial charge in [0, 0.05) is 27.4 Å². The maximum Gasteiger partial charge on any atom is 0.343 e. The number of halogens is 2. The number of imidazole rings is 1. The van der Waals surface area contributed by atoms with Gasteiger partial charge in [0.25, 0.3) is 0 Å². The average molecular weight is 485 g/mol. The summed E-state index contributed by atoms with van der Waals surface area (Å²) in [5.41, 5.74) is 3.80. The van der Waals surface area contributed by atoms with Crippen LogP contribution in [0.3, 0.4) is 0 Å². The van der Waals surface area contributed by atoms with Gasteiger partial charge in [0.05, 0.1) is 16.6 Å². The first-order valence-corrected chi connectivity index (χ1v) is 11.3. The Labute approximate surface area is 206 Å². The minimum absolute atomic E-state index is 0.351. The van der Waals surface area contributed by atoms with E-state index in [1.54, 1.807) is 54.6 Å². The van der Waals surface area contributed by atoms with Crippen LogP contribution in [0.15, 0.2) is 103 Å². The molecule has 0 amide bonds. The molecule has 1 heterocycles. The number of hydrogen-bond donors (Lipinski definition) is 0. The van der Waals surface area contributed by atoms with Crippen LogP contribution in [0.4, 0.5) is 0 Å². The Morgan fingerprint density at radius 2 is 1.32 bits per heavy atom. The lowest BCUT2D eigenvalue weighted by Gasteiger charge is -2.11. The van der Waals surface area contributed by atoms with Crippen molar-refractivity contribution >= 4 is 52.0 Å². The molecule has 0 saturated carbocycles. The van der Waals surface area contributed by atoms with E-state index in [1.807, 2.05) is 59.2 Å². The Balaban J connectivity index is 1.65. The molecule has 0 unspecified atom stereocenters. The van der Waals surface area contributed by atoms with E-state index in [9.17, 15) is 4.79 Å². The molecule has 34 heavy (non-hydrogen) atoms. The van der Waals surface area contributed by atoms with Crippen molar-refractivity contribution in [1.82, 2.24) is 9.55 Å². The van der Waals surface area contributed by atoms with Crippen molar-refractivity contribution in [3.8, 4) is 5.69 Å². The zero-order chi connectivity index (χ0) is 23.5. The maximum atomic E-state index is 13.0. The lowest BCUT2D eigenvalue weighted by atomic mass is 10.1. The second kappa shape index (κ2) is 9.56. The number of aromatic nitrogens is 2. The minimum atomic E-state index is -0.500. The van der Waals surface area contributed by atoms with E-state index in [1.165, 1.54) is 0 Å². The van der Waals surface area contributed by atoms with Crippen molar-refractivity contribution in [2.24, 2.45) is 0 Å². The van der Waals surface area contributed by atoms with E-state index in [-0.39, 0.29) is 0 Å². The van der Waals surface area contributed by atoms with Crippen LogP contribution in [0.5, 0.6) is 0 Å². The van der Waals surface area contributed by atoms with Crippen molar-refractivity contribution in [2.45, 2.75) is 0 Å². The molecular formula is C28H18Cl2N2O2. The van der Waals surface area contributed by atoms with Crippen LogP contribution >= 0.6 is 23.2 Å². The third-order valence-electron chi connectivity index (χ3n) is 5.27.